The second-order valence-electron chi connectivity index (χ2n) is 4.30. The normalized spacial score (nSPS) is 11.9. The van der Waals surface area contributed by atoms with Gasteiger partial charge in [-0.1, -0.05) is 30.3 Å². The van der Waals surface area contributed by atoms with Crippen LogP contribution in [0, 0.1) is 0 Å². The van der Waals surface area contributed by atoms with Gasteiger partial charge in [0, 0.05) is 5.75 Å². The molecule has 1 rings (SSSR count). The van der Waals surface area contributed by atoms with Crippen molar-refractivity contribution in [2.75, 3.05) is 13.2 Å². The summed E-state index contributed by atoms with van der Waals surface area (Å²) in [6, 6.07) is 9.63. The van der Waals surface area contributed by atoms with E-state index in [1.807, 2.05) is 30.3 Å². The van der Waals surface area contributed by atoms with Gasteiger partial charge in [0.15, 0.2) is 0 Å². The molecule has 0 aromatic heterocycles. The van der Waals surface area contributed by atoms with Gasteiger partial charge in [0.05, 0.1) is 18.1 Å². The van der Waals surface area contributed by atoms with Gasteiger partial charge in [-0.2, -0.15) is 0 Å². The quantitative estimate of drug-likeness (QED) is 0.340. The summed E-state index contributed by atoms with van der Waals surface area (Å²) >= 11 is 1.27. The first-order valence-corrected chi connectivity index (χ1v) is 8.18. The molecule has 1 N–H and O–H groups in total. The predicted molar refractivity (Wildman–Crippen MR) is 89.8 cm³/mol. The summed E-state index contributed by atoms with van der Waals surface area (Å²) < 4.78 is 9.64. The zero-order valence-electron chi connectivity index (χ0n) is 13.2. The van der Waals surface area contributed by atoms with Crippen molar-refractivity contribution in [1.82, 2.24) is 0 Å². The van der Waals surface area contributed by atoms with Crippen molar-refractivity contribution in [3.8, 4) is 0 Å². The summed E-state index contributed by atoms with van der Waals surface area (Å²) in [7, 11) is 0. The van der Waals surface area contributed by atoms with E-state index in [1.54, 1.807) is 13.8 Å². The maximum atomic E-state index is 11.9. The molecule has 0 saturated heterocycles. The van der Waals surface area contributed by atoms with Crippen LogP contribution in [0.1, 0.15) is 19.4 Å². The van der Waals surface area contributed by atoms with Crippen LogP contribution in [0.2, 0.25) is 0 Å². The molecule has 1 aromatic carbocycles. The number of allylic oxidation sites excluding steroid dienone is 2. The van der Waals surface area contributed by atoms with Gasteiger partial charge in [-0.05, 0) is 31.6 Å². The van der Waals surface area contributed by atoms with Crippen LogP contribution in [-0.4, -0.2) is 30.3 Å². The number of benzene rings is 1. The van der Waals surface area contributed by atoms with Crippen LogP contribution in [0.5, 0.6) is 0 Å². The maximum Gasteiger partial charge on any atom is 0.373 e. The summed E-state index contributed by atoms with van der Waals surface area (Å²) in [5, 5.41) is 9.58. The van der Waals surface area contributed by atoms with Crippen molar-refractivity contribution < 1.29 is 24.2 Å². The Morgan fingerprint density at radius 2 is 1.65 bits per heavy atom. The SMILES string of the molecule is CCOC(=O)/C(O)=C/C=C(\SCc1ccccc1)C(=O)OCC. The molecule has 0 heterocycles. The van der Waals surface area contributed by atoms with E-state index in [-0.39, 0.29) is 13.2 Å². The zero-order valence-corrected chi connectivity index (χ0v) is 14.0. The highest BCUT2D eigenvalue weighted by atomic mass is 32.2. The molecule has 0 radical (unpaired) electrons. The van der Waals surface area contributed by atoms with Crippen molar-refractivity contribution in [3.63, 3.8) is 0 Å². The monoisotopic (exact) mass is 336 g/mol. The van der Waals surface area contributed by atoms with Crippen LogP contribution in [0.4, 0.5) is 0 Å². The number of rotatable bonds is 8. The molecular formula is C17H20O5S. The highest BCUT2D eigenvalue weighted by Gasteiger charge is 2.12. The molecule has 0 atom stereocenters. The van der Waals surface area contributed by atoms with Gasteiger partial charge in [-0.25, -0.2) is 9.59 Å². The van der Waals surface area contributed by atoms with Gasteiger partial charge in [0.1, 0.15) is 0 Å². The topological polar surface area (TPSA) is 72.8 Å². The van der Waals surface area contributed by atoms with Crippen LogP contribution in [-0.2, 0) is 24.8 Å². The van der Waals surface area contributed by atoms with Crippen molar-refractivity contribution in [1.29, 1.82) is 0 Å². The number of hydrogen-bond donors (Lipinski definition) is 1. The van der Waals surface area contributed by atoms with E-state index >= 15 is 0 Å². The Bertz CT molecular complexity index is 578. The van der Waals surface area contributed by atoms with Crippen LogP contribution in [0.15, 0.2) is 53.1 Å². The van der Waals surface area contributed by atoms with Crippen LogP contribution < -0.4 is 0 Å². The number of aliphatic hydroxyl groups is 1. The second-order valence-corrected chi connectivity index (χ2v) is 5.32. The standard InChI is InChI=1S/C17H20O5S/c1-3-21-16(19)14(18)10-11-15(17(20)22-4-2)23-12-13-8-6-5-7-9-13/h5-11,18H,3-4,12H2,1-2H3/b14-10-,15-11-. The lowest BCUT2D eigenvalue weighted by atomic mass is 10.2. The highest BCUT2D eigenvalue weighted by molar-refractivity contribution is 8.03. The summed E-state index contributed by atoms with van der Waals surface area (Å²) in [5.41, 5.74) is 1.05. The summed E-state index contributed by atoms with van der Waals surface area (Å²) in [6.07, 6.45) is 2.50. The van der Waals surface area contributed by atoms with Crippen LogP contribution >= 0.6 is 11.8 Å². The molecule has 0 spiro atoms. The largest absolute Gasteiger partial charge is 0.502 e. The Balaban J connectivity index is 2.83. The minimum absolute atomic E-state index is 0.161. The first-order valence-electron chi connectivity index (χ1n) is 7.20. The zero-order chi connectivity index (χ0) is 17.1. The average molecular weight is 336 g/mol. The third-order valence-corrected chi connectivity index (χ3v) is 3.68. The number of aliphatic hydroxyl groups excluding tert-OH is 1. The minimum Gasteiger partial charge on any atom is -0.502 e. The average Bonchev–Trinajstić information content (AvgIpc) is 2.56. The number of carbonyl (C=O) groups excluding carboxylic acids is 2. The molecule has 0 fully saturated rings. The smallest absolute Gasteiger partial charge is 0.373 e. The van der Waals surface area contributed by atoms with Gasteiger partial charge in [-0.3, -0.25) is 0 Å². The molecule has 6 heteroatoms. The number of ether oxygens (including phenoxy) is 2. The Morgan fingerprint density at radius 3 is 2.26 bits per heavy atom. The summed E-state index contributed by atoms with van der Waals surface area (Å²) in [6.45, 7) is 3.76. The summed E-state index contributed by atoms with van der Waals surface area (Å²) in [4.78, 5) is 23.6. The molecule has 0 amide bonds. The first kappa shape index (κ1) is 18.8. The number of esters is 2. The van der Waals surface area contributed by atoms with Crippen molar-refractivity contribution in [3.05, 3.63) is 58.7 Å². The van der Waals surface area contributed by atoms with Crippen molar-refractivity contribution >= 4 is 23.7 Å². The molecule has 5 nitrogen and oxygen atoms in total. The molecule has 1 aromatic rings. The lowest BCUT2D eigenvalue weighted by Crippen LogP contribution is -2.08. The van der Waals surface area contributed by atoms with Gasteiger partial charge in [0.2, 0.25) is 5.76 Å². The first-order chi connectivity index (χ1) is 11.1. The van der Waals surface area contributed by atoms with Gasteiger partial charge in [-0.15, -0.1) is 11.8 Å². The number of hydrogen-bond acceptors (Lipinski definition) is 6. The van der Waals surface area contributed by atoms with E-state index in [0.29, 0.717) is 10.7 Å². The number of thioether (sulfide) groups is 1. The number of carbonyl (C=O) groups is 2. The van der Waals surface area contributed by atoms with Crippen molar-refractivity contribution in [2.24, 2.45) is 0 Å². The third kappa shape index (κ3) is 7.06. The summed E-state index contributed by atoms with van der Waals surface area (Å²) in [5.74, 6) is -1.32. The molecule has 23 heavy (non-hydrogen) atoms. The van der Waals surface area contributed by atoms with Crippen LogP contribution in [0.25, 0.3) is 0 Å². The molecule has 0 aliphatic heterocycles. The Kier molecular flexibility index (Phi) is 8.60. The fraction of sp³-hybridized carbons (Fsp3) is 0.294. The lowest BCUT2D eigenvalue weighted by Gasteiger charge is -2.06. The van der Waals surface area contributed by atoms with Gasteiger partial charge < -0.3 is 14.6 Å². The van der Waals surface area contributed by atoms with E-state index in [2.05, 4.69) is 4.74 Å². The van der Waals surface area contributed by atoms with E-state index in [4.69, 9.17) is 4.74 Å². The van der Waals surface area contributed by atoms with Crippen LogP contribution in [0.3, 0.4) is 0 Å². The van der Waals surface area contributed by atoms with E-state index in [0.717, 1.165) is 11.6 Å². The Hall–Kier alpha value is -2.21. The van der Waals surface area contributed by atoms with E-state index < -0.39 is 17.7 Å². The molecular weight excluding hydrogens is 316 g/mol. The minimum atomic E-state index is -0.833. The maximum absolute atomic E-state index is 11.9. The Morgan fingerprint density at radius 1 is 1.04 bits per heavy atom. The van der Waals surface area contributed by atoms with Gasteiger partial charge in [0.25, 0.3) is 0 Å². The molecule has 0 bridgehead atoms. The molecule has 0 aliphatic rings. The van der Waals surface area contributed by atoms with E-state index in [9.17, 15) is 14.7 Å². The predicted octanol–water partition coefficient (Wildman–Crippen LogP) is 3.37. The van der Waals surface area contributed by atoms with Crippen molar-refractivity contribution in [2.45, 2.75) is 19.6 Å². The third-order valence-electron chi connectivity index (χ3n) is 2.59. The Labute approximate surface area is 140 Å². The molecule has 0 saturated carbocycles. The molecule has 124 valence electrons. The molecule has 0 aliphatic carbocycles. The molecule has 0 unspecified atom stereocenters. The highest BCUT2D eigenvalue weighted by Crippen LogP contribution is 2.23. The van der Waals surface area contributed by atoms with E-state index in [1.165, 1.54) is 17.8 Å². The fourth-order valence-corrected chi connectivity index (χ4v) is 2.40. The second kappa shape index (κ2) is 10.5. The fourth-order valence-electron chi connectivity index (χ4n) is 1.54. The lowest BCUT2D eigenvalue weighted by molar-refractivity contribution is -0.141. The van der Waals surface area contributed by atoms with Gasteiger partial charge >= 0.3 is 11.9 Å².